The number of nitrogens with zero attached hydrogens (tertiary/aromatic N) is 1. The second-order valence-electron chi connectivity index (χ2n) is 6.47. The van der Waals surface area contributed by atoms with Crippen molar-refractivity contribution in [1.82, 2.24) is 10.2 Å². The number of benzene rings is 2. The maximum atomic E-state index is 12.6. The van der Waals surface area contributed by atoms with E-state index in [0.29, 0.717) is 30.3 Å². The summed E-state index contributed by atoms with van der Waals surface area (Å²) in [7, 11) is 0. The van der Waals surface area contributed by atoms with Crippen LogP contribution in [0, 0.1) is 0 Å². The Kier molecular flexibility index (Phi) is 5.48. The molecule has 1 amide bonds. The lowest BCUT2D eigenvalue weighted by Gasteiger charge is -2.35. The zero-order chi connectivity index (χ0) is 18.6. The van der Waals surface area contributed by atoms with E-state index in [1.54, 1.807) is 18.2 Å². The van der Waals surface area contributed by atoms with E-state index >= 15 is 0 Å². The van der Waals surface area contributed by atoms with Gasteiger partial charge in [-0.3, -0.25) is 9.69 Å². The van der Waals surface area contributed by atoms with Crippen LogP contribution in [0.3, 0.4) is 0 Å². The second-order valence-corrected chi connectivity index (χ2v) is 6.87. The van der Waals surface area contributed by atoms with Crippen LogP contribution < -0.4 is 14.8 Å². The zero-order valence-corrected chi connectivity index (χ0v) is 15.6. The molecule has 1 saturated heterocycles. The summed E-state index contributed by atoms with van der Waals surface area (Å²) in [5.41, 5.74) is 1.55. The van der Waals surface area contributed by atoms with Crippen molar-refractivity contribution in [2.24, 2.45) is 0 Å². The highest BCUT2D eigenvalue weighted by molar-refractivity contribution is 6.33. The third-order valence-corrected chi connectivity index (χ3v) is 5.17. The molecule has 142 valence electrons. The summed E-state index contributed by atoms with van der Waals surface area (Å²) in [6, 6.07) is 13.0. The van der Waals surface area contributed by atoms with Gasteiger partial charge in [0.1, 0.15) is 0 Å². The number of carbonyl (C=O) groups is 1. The molecule has 6 nitrogen and oxygen atoms in total. The molecule has 1 atom stereocenters. The number of nitrogens with one attached hydrogen (secondary N) is 1. The van der Waals surface area contributed by atoms with Gasteiger partial charge in [-0.15, -0.1) is 0 Å². The lowest BCUT2D eigenvalue weighted by atomic mass is 10.0. The Morgan fingerprint density at radius 3 is 2.70 bits per heavy atom. The second kappa shape index (κ2) is 8.17. The molecule has 0 spiro atoms. The van der Waals surface area contributed by atoms with Crippen LogP contribution >= 0.6 is 11.6 Å². The Morgan fingerprint density at radius 2 is 1.89 bits per heavy atom. The van der Waals surface area contributed by atoms with Crippen molar-refractivity contribution in [3.63, 3.8) is 0 Å². The van der Waals surface area contributed by atoms with Gasteiger partial charge in [-0.2, -0.15) is 0 Å². The van der Waals surface area contributed by atoms with Crippen LogP contribution in [0.15, 0.2) is 42.5 Å². The van der Waals surface area contributed by atoms with Gasteiger partial charge in [-0.25, -0.2) is 0 Å². The Balaban J connectivity index is 1.53. The monoisotopic (exact) mass is 388 g/mol. The van der Waals surface area contributed by atoms with E-state index in [1.165, 1.54) is 0 Å². The number of rotatable bonds is 5. The number of halogens is 1. The minimum absolute atomic E-state index is 0.00911. The van der Waals surface area contributed by atoms with Crippen molar-refractivity contribution in [2.45, 2.75) is 6.04 Å². The van der Waals surface area contributed by atoms with Gasteiger partial charge in [0, 0.05) is 19.6 Å². The van der Waals surface area contributed by atoms with Crippen molar-refractivity contribution in [1.29, 1.82) is 0 Å². The lowest BCUT2D eigenvalue weighted by Crippen LogP contribution is -2.43. The molecule has 27 heavy (non-hydrogen) atoms. The topological polar surface area (TPSA) is 60.0 Å². The number of ether oxygens (including phenoxy) is 3. The third kappa shape index (κ3) is 4.03. The fraction of sp³-hybridized carbons (Fsp3) is 0.350. The van der Waals surface area contributed by atoms with Crippen molar-refractivity contribution >= 4 is 17.5 Å². The molecule has 1 fully saturated rings. The summed E-state index contributed by atoms with van der Waals surface area (Å²) in [5.74, 6) is 1.31. The van der Waals surface area contributed by atoms with Crippen LogP contribution in [-0.4, -0.2) is 50.4 Å². The number of fused-ring (bicyclic) bond motifs is 1. The molecule has 7 heteroatoms. The fourth-order valence-electron chi connectivity index (χ4n) is 3.40. The summed E-state index contributed by atoms with van der Waals surface area (Å²) in [4.78, 5) is 14.9. The average molecular weight is 389 g/mol. The number of amides is 1. The summed E-state index contributed by atoms with van der Waals surface area (Å²) < 4.78 is 16.4. The molecule has 2 aromatic carbocycles. The van der Waals surface area contributed by atoms with E-state index in [0.717, 1.165) is 30.2 Å². The standard InChI is InChI=1S/C20H21ClN2O4/c21-16-4-2-1-3-15(16)20(24)22-12-17(23-7-9-25-10-8-23)14-5-6-18-19(11-14)27-13-26-18/h1-6,11,17H,7-10,12-13H2,(H,22,24). The van der Waals surface area contributed by atoms with Crippen LogP contribution in [0.2, 0.25) is 5.02 Å². The van der Waals surface area contributed by atoms with E-state index in [4.69, 9.17) is 25.8 Å². The van der Waals surface area contributed by atoms with Gasteiger partial charge in [0.15, 0.2) is 11.5 Å². The van der Waals surface area contributed by atoms with Crippen molar-refractivity contribution in [2.75, 3.05) is 39.6 Å². The van der Waals surface area contributed by atoms with E-state index in [9.17, 15) is 4.79 Å². The number of hydrogen-bond acceptors (Lipinski definition) is 5. The SMILES string of the molecule is O=C(NCC(c1ccc2c(c1)OCO2)N1CCOCC1)c1ccccc1Cl. The van der Waals surface area contributed by atoms with Gasteiger partial charge in [0.2, 0.25) is 6.79 Å². The summed E-state index contributed by atoms with van der Waals surface area (Å²) in [6.07, 6.45) is 0. The molecule has 0 aliphatic carbocycles. The normalized spacial score (nSPS) is 17.5. The highest BCUT2D eigenvalue weighted by Gasteiger charge is 2.25. The van der Waals surface area contributed by atoms with Crippen LogP contribution in [0.4, 0.5) is 0 Å². The molecule has 2 aliphatic rings. The maximum absolute atomic E-state index is 12.6. The molecule has 0 aromatic heterocycles. The molecule has 0 saturated carbocycles. The number of carbonyl (C=O) groups excluding carboxylic acids is 1. The Bertz CT molecular complexity index is 823. The molecule has 1 N–H and O–H groups in total. The van der Waals surface area contributed by atoms with Gasteiger partial charge in [-0.05, 0) is 29.8 Å². The van der Waals surface area contributed by atoms with E-state index in [-0.39, 0.29) is 18.7 Å². The van der Waals surface area contributed by atoms with Crippen molar-refractivity contribution in [3.8, 4) is 11.5 Å². The van der Waals surface area contributed by atoms with E-state index < -0.39 is 0 Å². The summed E-state index contributed by atoms with van der Waals surface area (Å²) in [5, 5.41) is 3.47. The fourth-order valence-corrected chi connectivity index (χ4v) is 3.62. The first-order valence-electron chi connectivity index (χ1n) is 8.96. The molecule has 2 aliphatic heterocycles. The Labute approximate surface area is 163 Å². The Hall–Kier alpha value is -2.28. The smallest absolute Gasteiger partial charge is 0.252 e. The van der Waals surface area contributed by atoms with Gasteiger partial charge >= 0.3 is 0 Å². The first-order valence-corrected chi connectivity index (χ1v) is 9.34. The maximum Gasteiger partial charge on any atom is 0.252 e. The van der Waals surface area contributed by atoms with Gasteiger partial charge < -0.3 is 19.5 Å². The van der Waals surface area contributed by atoms with Gasteiger partial charge in [-0.1, -0.05) is 29.8 Å². The average Bonchev–Trinajstić information content (AvgIpc) is 3.17. The van der Waals surface area contributed by atoms with Crippen LogP contribution in [0.5, 0.6) is 11.5 Å². The molecule has 1 unspecified atom stereocenters. The predicted octanol–water partition coefficient (Wildman–Crippen LogP) is 2.87. The highest BCUT2D eigenvalue weighted by Crippen LogP contribution is 2.35. The van der Waals surface area contributed by atoms with Crippen molar-refractivity contribution < 1.29 is 19.0 Å². The highest BCUT2D eigenvalue weighted by atomic mass is 35.5. The quantitative estimate of drug-likeness (QED) is 0.853. The van der Waals surface area contributed by atoms with Crippen molar-refractivity contribution in [3.05, 3.63) is 58.6 Å². The minimum atomic E-state index is -0.181. The summed E-state index contributed by atoms with van der Waals surface area (Å²) >= 11 is 6.15. The number of morpholine rings is 1. The lowest BCUT2D eigenvalue weighted by molar-refractivity contribution is 0.0162. The Morgan fingerprint density at radius 1 is 1.11 bits per heavy atom. The van der Waals surface area contributed by atoms with Crippen LogP contribution in [0.1, 0.15) is 22.0 Å². The van der Waals surface area contributed by atoms with E-state index in [1.807, 2.05) is 24.3 Å². The first kappa shape index (κ1) is 18.1. The minimum Gasteiger partial charge on any atom is -0.454 e. The zero-order valence-electron chi connectivity index (χ0n) is 14.8. The molecule has 4 rings (SSSR count). The van der Waals surface area contributed by atoms with Crippen LogP contribution in [-0.2, 0) is 4.74 Å². The number of hydrogen-bond donors (Lipinski definition) is 1. The summed E-state index contributed by atoms with van der Waals surface area (Å²) in [6.45, 7) is 3.68. The molecule has 2 aromatic rings. The first-order chi connectivity index (χ1) is 13.2. The van der Waals surface area contributed by atoms with Crippen LogP contribution in [0.25, 0.3) is 0 Å². The molecular weight excluding hydrogens is 368 g/mol. The third-order valence-electron chi connectivity index (χ3n) is 4.84. The van der Waals surface area contributed by atoms with E-state index in [2.05, 4.69) is 10.2 Å². The van der Waals surface area contributed by atoms with Gasteiger partial charge in [0.05, 0.1) is 29.8 Å². The van der Waals surface area contributed by atoms with Gasteiger partial charge in [0.25, 0.3) is 5.91 Å². The molecule has 0 bridgehead atoms. The predicted molar refractivity (Wildman–Crippen MR) is 101 cm³/mol. The molecule has 2 heterocycles. The largest absolute Gasteiger partial charge is 0.454 e. The molecular formula is C20H21ClN2O4. The molecule has 0 radical (unpaired) electrons.